The van der Waals surface area contributed by atoms with E-state index in [1.807, 2.05) is 55.8 Å². The summed E-state index contributed by atoms with van der Waals surface area (Å²) in [6.45, 7) is 3.75. The lowest BCUT2D eigenvalue weighted by atomic mass is 10.2. The number of halogens is 1. The Labute approximate surface area is 184 Å². The van der Waals surface area contributed by atoms with Crippen molar-refractivity contribution in [3.8, 4) is 11.5 Å². The van der Waals surface area contributed by atoms with Crippen molar-refractivity contribution in [1.82, 2.24) is 14.8 Å². The van der Waals surface area contributed by atoms with Gasteiger partial charge in [-0.05, 0) is 43.7 Å². The number of amides is 1. The van der Waals surface area contributed by atoms with E-state index in [9.17, 15) is 4.79 Å². The summed E-state index contributed by atoms with van der Waals surface area (Å²) in [5, 5.41) is 12.5. The highest BCUT2D eigenvalue weighted by Gasteiger charge is 2.19. The summed E-state index contributed by atoms with van der Waals surface area (Å²) >= 11 is 7.40. The van der Waals surface area contributed by atoms with Gasteiger partial charge in [0.2, 0.25) is 5.91 Å². The quantitative estimate of drug-likeness (QED) is 0.507. The van der Waals surface area contributed by atoms with Crippen LogP contribution >= 0.6 is 23.4 Å². The molecule has 30 heavy (non-hydrogen) atoms. The first-order valence-electron chi connectivity index (χ1n) is 9.27. The Hall–Kier alpha value is -2.71. The van der Waals surface area contributed by atoms with E-state index in [0.29, 0.717) is 33.2 Å². The summed E-state index contributed by atoms with van der Waals surface area (Å²) in [7, 11) is 3.44. The van der Waals surface area contributed by atoms with Gasteiger partial charge in [0.25, 0.3) is 0 Å². The molecule has 2 aromatic carbocycles. The average Bonchev–Trinajstić information content (AvgIpc) is 3.11. The van der Waals surface area contributed by atoms with Gasteiger partial charge >= 0.3 is 0 Å². The minimum atomic E-state index is -0.351. The van der Waals surface area contributed by atoms with Crippen LogP contribution in [-0.2, 0) is 11.8 Å². The Morgan fingerprint density at radius 3 is 2.67 bits per heavy atom. The maximum Gasteiger partial charge on any atom is 0.234 e. The van der Waals surface area contributed by atoms with Crippen molar-refractivity contribution >= 4 is 35.0 Å². The van der Waals surface area contributed by atoms with Gasteiger partial charge in [-0.2, -0.15) is 0 Å². The SMILES string of the molecule is COc1ccccc1OC(C)c1nnc(SCC(=O)Nc2cccc(Cl)c2C)n1C. The molecular weight excluding hydrogens is 424 g/mol. The molecule has 158 valence electrons. The van der Waals surface area contributed by atoms with Gasteiger partial charge in [-0.3, -0.25) is 4.79 Å². The number of hydrogen-bond donors (Lipinski definition) is 1. The summed E-state index contributed by atoms with van der Waals surface area (Å²) < 4.78 is 13.1. The van der Waals surface area contributed by atoms with Crippen molar-refractivity contribution in [2.75, 3.05) is 18.2 Å². The Kier molecular flexibility index (Phi) is 7.23. The van der Waals surface area contributed by atoms with E-state index in [0.717, 1.165) is 5.56 Å². The van der Waals surface area contributed by atoms with E-state index in [-0.39, 0.29) is 17.8 Å². The summed E-state index contributed by atoms with van der Waals surface area (Å²) in [5.41, 5.74) is 1.53. The van der Waals surface area contributed by atoms with Crippen LogP contribution in [0, 0.1) is 6.92 Å². The zero-order chi connectivity index (χ0) is 21.7. The molecule has 0 aliphatic rings. The summed E-state index contributed by atoms with van der Waals surface area (Å²) in [6, 6.07) is 12.8. The maximum atomic E-state index is 12.3. The lowest BCUT2D eigenvalue weighted by Crippen LogP contribution is -2.15. The van der Waals surface area contributed by atoms with Crippen LogP contribution in [0.2, 0.25) is 5.02 Å². The molecule has 0 aliphatic heterocycles. The molecule has 0 fully saturated rings. The monoisotopic (exact) mass is 446 g/mol. The highest BCUT2D eigenvalue weighted by molar-refractivity contribution is 7.99. The molecule has 1 unspecified atom stereocenters. The summed E-state index contributed by atoms with van der Waals surface area (Å²) in [6.07, 6.45) is -0.351. The fourth-order valence-electron chi connectivity index (χ4n) is 2.82. The fourth-order valence-corrected chi connectivity index (χ4v) is 3.72. The first-order valence-corrected chi connectivity index (χ1v) is 10.6. The Bertz CT molecular complexity index is 1040. The van der Waals surface area contributed by atoms with Crippen molar-refractivity contribution in [3.63, 3.8) is 0 Å². The number of nitrogens with one attached hydrogen (secondary N) is 1. The molecule has 1 heterocycles. The van der Waals surface area contributed by atoms with Gasteiger partial charge in [0.1, 0.15) is 0 Å². The zero-order valence-electron chi connectivity index (χ0n) is 17.2. The number of carbonyl (C=O) groups is 1. The number of carbonyl (C=O) groups excluding carboxylic acids is 1. The molecule has 1 amide bonds. The van der Waals surface area contributed by atoms with E-state index in [4.69, 9.17) is 21.1 Å². The third kappa shape index (κ3) is 5.06. The number of thioether (sulfide) groups is 1. The Morgan fingerprint density at radius 1 is 1.20 bits per heavy atom. The number of methoxy groups -OCH3 is 1. The molecule has 3 rings (SSSR count). The van der Waals surface area contributed by atoms with Crippen LogP contribution in [0.1, 0.15) is 24.4 Å². The van der Waals surface area contributed by atoms with Gasteiger partial charge in [0.05, 0.1) is 12.9 Å². The predicted molar refractivity (Wildman–Crippen MR) is 119 cm³/mol. The lowest BCUT2D eigenvalue weighted by molar-refractivity contribution is -0.113. The van der Waals surface area contributed by atoms with Gasteiger partial charge in [-0.15, -0.1) is 10.2 Å². The second-order valence-electron chi connectivity index (χ2n) is 6.56. The smallest absolute Gasteiger partial charge is 0.234 e. The molecule has 0 saturated carbocycles. The number of para-hydroxylation sites is 2. The average molecular weight is 447 g/mol. The lowest BCUT2D eigenvalue weighted by Gasteiger charge is -2.16. The van der Waals surface area contributed by atoms with Gasteiger partial charge in [0, 0.05) is 17.8 Å². The van der Waals surface area contributed by atoms with E-state index in [1.54, 1.807) is 19.2 Å². The van der Waals surface area contributed by atoms with Crippen LogP contribution in [0.3, 0.4) is 0 Å². The number of benzene rings is 2. The number of nitrogens with zero attached hydrogens (tertiary/aromatic N) is 3. The van der Waals surface area contributed by atoms with E-state index >= 15 is 0 Å². The van der Waals surface area contributed by atoms with Crippen molar-refractivity contribution in [1.29, 1.82) is 0 Å². The number of ether oxygens (including phenoxy) is 2. The fraction of sp³-hybridized carbons (Fsp3) is 0.286. The first-order chi connectivity index (χ1) is 14.4. The number of anilines is 1. The van der Waals surface area contributed by atoms with Gasteiger partial charge < -0.3 is 19.4 Å². The van der Waals surface area contributed by atoms with Crippen molar-refractivity contribution in [2.24, 2.45) is 7.05 Å². The highest BCUT2D eigenvalue weighted by atomic mass is 35.5. The molecule has 9 heteroatoms. The minimum absolute atomic E-state index is 0.145. The molecule has 1 N–H and O–H groups in total. The minimum Gasteiger partial charge on any atom is -0.493 e. The van der Waals surface area contributed by atoms with Crippen LogP contribution < -0.4 is 14.8 Å². The standard InChI is InChI=1S/C21H23ClN4O3S/c1-13-15(22)8-7-9-16(13)23-19(27)12-30-21-25-24-20(26(21)3)14(2)29-18-11-6-5-10-17(18)28-4/h5-11,14H,12H2,1-4H3,(H,23,27). The van der Waals surface area contributed by atoms with Crippen molar-refractivity contribution in [3.05, 3.63) is 58.9 Å². The van der Waals surface area contributed by atoms with E-state index in [1.165, 1.54) is 11.8 Å². The number of rotatable bonds is 8. The largest absolute Gasteiger partial charge is 0.493 e. The van der Waals surface area contributed by atoms with Crippen LogP contribution in [0.4, 0.5) is 5.69 Å². The predicted octanol–water partition coefficient (Wildman–Crippen LogP) is 4.66. The number of aromatic nitrogens is 3. The van der Waals surface area contributed by atoms with Crippen molar-refractivity contribution in [2.45, 2.75) is 25.1 Å². The molecule has 0 saturated heterocycles. The molecule has 0 aliphatic carbocycles. The zero-order valence-corrected chi connectivity index (χ0v) is 18.8. The third-order valence-corrected chi connectivity index (χ3v) is 5.91. The van der Waals surface area contributed by atoms with Gasteiger partial charge in [-0.25, -0.2) is 0 Å². The topological polar surface area (TPSA) is 78.3 Å². The maximum absolute atomic E-state index is 12.3. The normalized spacial score (nSPS) is 11.8. The molecule has 0 radical (unpaired) electrons. The summed E-state index contributed by atoms with van der Waals surface area (Å²) in [4.78, 5) is 12.3. The molecule has 0 bridgehead atoms. The Balaban J connectivity index is 1.62. The van der Waals surface area contributed by atoms with Crippen LogP contribution in [0.15, 0.2) is 47.6 Å². The van der Waals surface area contributed by atoms with E-state index in [2.05, 4.69) is 15.5 Å². The highest BCUT2D eigenvalue weighted by Crippen LogP contribution is 2.31. The Morgan fingerprint density at radius 2 is 1.93 bits per heavy atom. The second kappa shape index (κ2) is 9.86. The molecular formula is C21H23ClN4O3S. The number of hydrogen-bond acceptors (Lipinski definition) is 6. The molecule has 1 atom stereocenters. The first kappa shape index (κ1) is 22.0. The van der Waals surface area contributed by atoms with E-state index < -0.39 is 0 Å². The molecule has 7 nitrogen and oxygen atoms in total. The van der Waals surface area contributed by atoms with Crippen molar-refractivity contribution < 1.29 is 14.3 Å². The van der Waals surface area contributed by atoms with Crippen LogP contribution in [0.25, 0.3) is 0 Å². The second-order valence-corrected chi connectivity index (χ2v) is 7.91. The molecule has 1 aromatic heterocycles. The van der Waals surface area contributed by atoms with Gasteiger partial charge in [0.15, 0.2) is 28.6 Å². The van der Waals surface area contributed by atoms with Crippen LogP contribution in [0.5, 0.6) is 11.5 Å². The van der Waals surface area contributed by atoms with Gasteiger partial charge in [-0.1, -0.05) is 41.6 Å². The van der Waals surface area contributed by atoms with Crippen LogP contribution in [-0.4, -0.2) is 33.5 Å². The molecule has 0 spiro atoms. The molecule has 3 aromatic rings. The summed E-state index contributed by atoms with van der Waals surface area (Å²) in [5.74, 6) is 1.97. The third-order valence-electron chi connectivity index (χ3n) is 4.48.